The molecule has 1 heterocycles. The first-order valence-electron chi connectivity index (χ1n) is 7.15. The van der Waals surface area contributed by atoms with Crippen LogP contribution in [0.3, 0.4) is 0 Å². The highest BCUT2D eigenvalue weighted by atomic mass is 32.2. The van der Waals surface area contributed by atoms with Crippen molar-refractivity contribution in [2.75, 3.05) is 13.1 Å². The van der Waals surface area contributed by atoms with E-state index in [2.05, 4.69) is 0 Å². The molecule has 0 spiro atoms. The molecule has 1 aromatic carbocycles. The zero-order valence-corrected chi connectivity index (χ0v) is 13.0. The Morgan fingerprint density at radius 1 is 1.33 bits per heavy atom. The lowest BCUT2D eigenvalue weighted by atomic mass is 9.83. The minimum absolute atomic E-state index is 0.0737. The van der Waals surface area contributed by atoms with E-state index in [1.54, 1.807) is 24.3 Å². The highest BCUT2D eigenvalue weighted by Gasteiger charge is 2.47. The molecule has 0 aliphatic carbocycles. The molecule has 21 heavy (non-hydrogen) atoms. The van der Waals surface area contributed by atoms with Gasteiger partial charge in [0, 0.05) is 13.1 Å². The summed E-state index contributed by atoms with van der Waals surface area (Å²) >= 11 is 0. The first-order valence-corrected chi connectivity index (χ1v) is 8.76. The molecule has 0 aromatic heterocycles. The van der Waals surface area contributed by atoms with Gasteiger partial charge in [0.15, 0.2) is 0 Å². The van der Waals surface area contributed by atoms with Crippen molar-refractivity contribution in [2.24, 2.45) is 5.41 Å². The van der Waals surface area contributed by atoms with Crippen molar-refractivity contribution in [1.29, 1.82) is 0 Å². The number of benzene rings is 1. The van der Waals surface area contributed by atoms with Crippen molar-refractivity contribution in [3.05, 3.63) is 35.9 Å². The Kier molecular flexibility index (Phi) is 4.68. The fourth-order valence-corrected chi connectivity index (χ4v) is 4.52. The second-order valence-corrected chi connectivity index (χ2v) is 7.63. The fraction of sp³-hybridized carbons (Fsp3) is 0.533. The van der Waals surface area contributed by atoms with Crippen LogP contribution < -0.4 is 0 Å². The molecule has 1 fully saturated rings. The van der Waals surface area contributed by atoms with Gasteiger partial charge in [-0.3, -0.25) is 4.79 Å². The van der Waals surface area contributed by atoms with E-state index in [0.717, 1.165) is 12.0 Å². The number of carboxylic acid groups (broad SMARTS) is 1. The van der Waals surface area contributed by atoms with Crippen LogP contribution in [-0.2, 0) is 20.6 Å². The van der Waals surface area contributed by atoms with E-state index in [4.69, 9.17) is 0 Å². The molecule has 1 aliphatic rings. The summed E-state index contributed by atoms with van der Waals surface area (Å²) in [5, 5.41) is 9.45. The lowest BCUT2D eigenvalue weighted by molar-refractivity contribution is -0.148. The maximum atomic E-state index is 12.4. The van der Waals surface area contributed by atoms with Crippen LogP contribution in [0.15, 0.2) is 30.3 Å². The van der Waals surface area contributed by atoms with Crippen LogP contribution in [0.2, 0.25) is 0 Å². The second kappa shape index (κ2) is 6.15. The van der Waals surface area contributed by atoms with Crippen LogP contribution in [-0.4, -0.2) is 36.9 Å². The first kappa shape index (κ1) is 16.0. The van der Waals surface area contributed by atoms with Gasteiger partial charge in [-0.05, 0) is 18.4 Å². The van der Waals surface area contributed by atoms with Gasteiger partial charge in [0.1, 0.15) is 0 Å². The molecule has 0 amide bonds. The number of carbonyl (C=O) groups is 1. The Labute approximate surface area is 125 Å². The molecule has 1 N–H and O–H groups in total. The van der Waals surface area contributed by atoms with Crippen molar-refractivity contribution in [3.63, 3.8) is 0 Å². The summed E-state index contributed by atoms with van der Waals surface area (Å²) in [6, 6.07) is 8.97. The maximum absolute atomic E-state index is 12.4. The van der Waals surface area contributed by atoms with Crippen LogP contribution in [0.25, 0.3) is 0 Å². The van der Waals surface area contributed by atoms with Crippen molar-refractivity contribution in [3.8, 4) is 0 Å². The van der Waals surface area contributed by atoms with Gasteiger partial charge >= 0.3 is 5.97 Å². The lowest BCUT2D eigenvalue weighted by Crippen LogP contribution is -2.37. The third kappa shape index (κ3) is 3.44. The largest absolute Gasteiger partial charge is 0.481 e. The molecule has 2 rings (SSSR count). The van der Waals surface area contributed by atoms with Crippen molar-refractivity contribution >= 4 is 16.0 Å². The molecule has 1 atom stereocenters. The van der Waals surface area contributed by atoms with Gasteiger partial charge in [-0.1, -0.05) is 43.7 Å². The molecule has 0 radical (unpaired) electrons. The topological polar surface area (TPSA) is 74.7 Å². The molecule has 1 aromatic rings. The van der Waals surface area contributed by atoms with E-state index < -0.39 is 21.4 Å². The van der Waals surface area contributed by atoms with Gasteiger partial charge in [-0.2, -0.15) is 0 Å². The summed E-state index contributed by atoms with van der Waals surface area (Å²) in [5.41, 5.74) is -0.195. The molecule has 0 saturated carbocycles. The predicted molar refractivity (Wildman–Crippen MR) is 80.2 cm³/mol. The predicted octanol–water partition coefficient (Wildman–Crippen LogP) is 2.09. The van der Waals surface area contributed by atoms with Crippen molar-refractivity contribution < 1.29 is 18.3 Å². The molecular weight excluding hydrogens is 290 g/mol. The Bertz CT molecular complexity index is 599. The van der Waals surface area contributed by atoms with Gasteiger partial charge in [0.2, 0.25) is 10.0 Å². The summed E-state index contributed by atoms with van der Waals surface area (Å²) in [6.07, 6.45) is 1.64. The molecule has 116 valence electrons. The maximum Gasteiger partial charge on any atom is 0.311 e. The highest BCUT2D eigenvalue weighted by Crippen LogP contribution is 2.37. The van der Waals surface area contributed by atoms with Crippen LogP contribution in [0.1, 0.15) is 31.7 Å². The van der Waals surface area contributed by atoms with E-state index in [1.807, 2.05) is 13.0 Å². The van der Waals surface area contributed by atoms with Crippen LogP contribution in [0.5, 0.6) is 0 Å². The van der Waals surface area contributed by atoms with Crippen LogP contribution >= 0.6 is 0 Å². The molecular formula is C15H21NO4S. The third-order valence-electron chi connectivity index (χ3n) is 4.09. The standard InChI is InChI=1S/C15H21NO4S/c1-2-8-15(14(17)18)9-10-16(12-15)21(19,20)11-13-6-4-3-5-7-13/h3-7H,2,8-12H2,1H3,(H,17,18). The fourth-order valence-electron chi connectivity index (χ4n) is 2.91. The van der Waals surface area contributed by atoms with E-state index in [1.165, 1.54) is 4.31 Å². The van der Waals surface area contributed by atoms with Crippen LogP contribution in [0.4, 0.5) is 0 Å². The second-order valence-electron chi connectivity index (χ2n) is 5.66. The number of nitrogens with zero attached hydrogens (tertiary/aromatic N) is 1. The number of rotatable bonds is 6. The van der Waals surface area contributed by atoms with Gasteiger partial charge < -0.3 is 5.11 Å². The average molecular weight is 311 g/mol. The summed E-state index contributed by atoms with van der Waals surface area (Å²) in [6.45, 7) is 2.30. The Balaban J connectivity index is 2.14. The van der Waals surface area contributed by atoms with Gasteiger partial charge in [0.05, 0.1) is 11.2 Å². The van der Waals surface area contributed by atoms with E-state index in [9.17, 15) is 18.3 Å². The van der Waals surface area contributed by atoms with Crippen molar-refractivity contribution in [1.82, 2.24) is 4.31 Å². The molecule has 5 nitrogen and oxygen atoms in total. The summed E-state index contributed by atoms with van der Waals surface area (Å²) in [4.78, 5) is 11.5. The highest BCUT2D eigenvalue weighted by molar-refractivity contribution is 7.88. The Morgan fingerprint density at radius 2 is 2.00 bits per heavy atom. The monoisotopic (exact) mass is 311 g/mol. The normalized spacial score (nSPS) is 23.3. The molecule has 6 heteroatoms. The number of aliphatic carboxylic acids is 1. The third-order valence-corrected chi connectivity index (χ3v) is 5.88. The number of hydrogen-bond donors (Lipinski definition) is 1. The summed E-state index contributed by atoms with van der Waals surface area (Å²) in [7, 11) is -3.47. The summed E-state index contributed by atoms with van der Waals surface area (Å²) < 4.78 is 26.2. The minimum atomic E-state index is -3.47. The Hall–Kier alpha value is -1.40. The lowest BCUT2D eigenvalue weighted by Gasteiger charge is -2.24. The van der Waals surface area contributed by atoms with Crippen LogP contribution in [0, 0.1) is 5.41 Å². The van der Waals surface area contributed by atoms with Gasteiger partial charge in [-0.25, -0.2) is 12.7 Å². The average Bonchev–Trinajstić information content (AvgIpc) is 2.86. The minimum Gasteiger partial charge on any atom is -0.481 e. The zero-order chi connectivity index (χ0) is 15.5. The molecule has 1 unspecified atom stereocenters. The first-order chi connectivity index (χ1) is 9.89. The van der Waals surface area contributed by atoms with E-state index in [-0.39, 0.29) is 12.3 Å². The van der Waals surface area contributed by atoms with Gasteiger partial charge in [0.25, 0.3) is 0 Å². The molecule has 1 aliphatic heterocycles. The molecule has 0 bridgehead atoms. The Morgan fingerprint density at radius 3 is 2.57 bits per heavy atom. The van der Waals surface area contributed by atoms with Crippen molar-refractivity contribution in [2.45, 2.75) is 31.9 Å². The quantitative estimate of drug-likeness (QED) is 0.873. The van der Waals surface area contributed by atoms with Gasteiger partial charge in [-0.15, -0.1) is 0 Å². The van der Waals surface area contributed by atoms with E-state index in [0.29, 0.717) is 19.4 Å². The van der Waals surface area contributed by atoms with E-state index >= 15 is 0 Å². The molecule has 1 saturated heterocycles. The zero-order valence-electron chi connectivity index (χ0n) is 12.2. The SMILES string of the molecule is CCCC1(C(=O)O)CCN(S(=O)(=O)Cc2ccccc2)C1. The summed E-state index contributed by atoms with van der Waals surface area (Å²) in [5.74, 6) is -0.961. The number of carboxylic acids is 1. The number of sulfonamides is 1. The smallest absolute Gasteiger partial charge is 0.311 e. The number of hydrogen-bond acceptors (Lipinski definition) is 3.